The summed E-state index contributed by atoms with van der Waals surface area (Å²) in [5, 5.41) is 5.42. The van der Waals surface area contributed by atoms with Gasteiger partial charge in [0.15, 0.2) is 27.2 Å². The number of hydrogen-bond donors (Lipinski definition) is 2. The van der Waals surface area contributed by atoms with Gasteiger partial charge >= 0.3 is 6.03 Å². The smallest absolute Gasteiger partial charge is 0.323 e. The Hall–Kier alpha value is -3.70. The largest absolute Gasteiger partial charge is 0.491 e. The van der Waals surface area contributed by atoms with Gasteiger partial charge < -0.3 is 25.0 Å². The summed E-state index contributed by atoms with van der Waals surface area (Å²) >= 11 is 0. The van der Waals surface area contributed by atoms with Gasteiger partial charge in [0.25, 0.3) is 0 Å². The Morgan fingerprint density at radius 3 is 2.15 bits per heavy atom. The number of ether oxygens (including phenoxy) is 2. The van der Waals surface area contributed by atoms with E-state index in [0.717, 1.165) is 30.7 Å². The lowest BCUT2D eigenvalue weighted by molar-refractivity contribution is 0.122. The maximum absolute atomic E-state index is 12.3. The molecule has 34 heavy (non-hydrogen) atoms. The lowest BCUT2D eigenvalue weighted by atomic mass is 10.2. The first-order valence-electron chi connectivity index (χ1n) is 10.6. The number of sulfone groups is 1. The Bertz CT molecular complexity index is 1260. The third-order valence-electron chi connectivity index (χ3n) is 5.21. The molecule has 0 aliphatic carbocycles. The van der Waals surface area contributed by atoms with Crippen LogP contribution in [-0.4, -0.2) is 64.1 Å². The molecule has 1 aliphatic heterocycles. The van der Waals surface area contributed by atoms with E-state index in [1.807, 2.05) is 12.1 Å². The quantitative estimate of drug-likeness (QED) is 0.549. The fourth-order valence-electron chi connectivity index (χ4n) is 3.43. The van der Waals surface area contributed by atoms with E-state index >= 15 is 0 Å². The second-order valence-corrected chi connectivity index (χ2v) is 9.65. The average Bonchev–Trinajstić information content (AvgIpc) is 2.84. The van der Waals surface area contributed by atoms with E-state index in [1.54, 1.807) is 25.4 Å². The van der Waals surface area contributed by atoms with Crippen LogP contribution < -0.4 is 20.3 Å². The Morgan fingerprint density at radius 2 is 1.59 bits per heavy atom. The second-order valence-electron chi connectivity index (χ2n) is 7.64. The number of anilines is 3. The number of benzene rings is 2. The number of rotatable bonds is 6. The van der Waals surface area contributed by atoms with Crippen LogP contribution >= 0.6 is 0 Å². The fraction of sp³-hybridized carbons (Fsp3) is 0.261. The lowest BCUT2D eigenvalue weighted by Gasteiger charge is -2.28. The van der Waals surface area contributed by atoms with Crippen molar-refractivity contribution < 1.29 is 22.7 Å². The number of carbonyl (C=O) groups excluding carboxylic acids is 1. The Balaban J connectivity index is 1.43. The molecule has 0 unspecified atom stereocenters. The van der Waals surface area contributed by atoms with E-state index in [0.29, 0.717) is 36.2 Å². The van der Waals surface area contributed by atoms with Crippen LogP contribution in [0.25, 0.3) is 11.4 Å². The third-order valence-corrected chi connectivity index (χ3v) is 6.34. The average molecular weight is 484 g/mol. The molecule has 4 rings (SSSR count). The maximum Gasteiger partial charge on any atom is 0.323 e. The molecule has 0 radical (unpaired) electrons. The standard InChI is InChI=1S/C23H25N5O5S/c1-32-20-15-24-21(27-22(20)28-11-13-33-14-12-28)16-3-5-17(6-4-16)25-23(29)26-18-7-9-19(10-8-18)34(2,30)31/h3-10,15H,11-14H2,1-2H3,(H2,25,26,29). The van der Waals surface area contributed by atoms with Crippen molar-refractivity contribution in [3.63, 3.8) is 0 Å². The first-order valence-corrected chi connectivity index (χ1v) is 12.4. The normalized spacial score (nSPS) is 13.9. The molecule has 10 nitrogen and oxygen atoms in total. The molecular weight excluding hydrogens is 458 g/mol. The summed E-state index contributed by atoms with van der Waals surface area (Å²) < 4.78 is 33.9. The summed E-state index contributed by atoms with van der Waals surface area (Å²) in [6.45, 7) is 2.71. The third kappa shape index (κ3) is 5.61. The van der Waals surface area contributed by atoms with Gasteiger partial charge in [-0.25, -0.2) is 23.2 Å². The van der Waals surface area contributed by atoms with E-state index in [2.05, 4.69) is 20.5 Å². The van der Waals surface area contributed by atoms with Crippen molar-refractivity contribution in [1.82, 2.24) is 9.97 Å². The van der Waals surface area contributed by atoms with E-state index in [-0.39, 0.29) is 4.90 Å². The molecule has 11 heteroatoms. The molecule has 0 saturated carbocycles. The van der Waals surface area contributed by atoms with Crippen molar-refractivity contribution in [1.29, 1.82) is 0 Å². The maximum atomic E-state index is 12.3. The van der Waals surface area contributed by atoms with Crippen molar-refractivity contribution in [3.05, 3.63) is 54.7 Å². The highest BCUT2D eigenvalue weighted by Gasteiger charge is 2.19. The van der Waals surface area contributed by atoms with Gasteiger partial charge in [0, 0.05) is 36.3 Å². The molecule has 3 aromatic rings. The van der Waals surface area contributed by atoms with Gasteiger partial charge in [-0.1, -0.05) is 0 Å². The number of hydrogen-bond acceptors (Lipinski definition) is 8. The zero-order valence-corrected chi connectivity index (χ0v) is 19.6. The zero-order valence-electron chi connectivity index (χ0n) is 18.8. The number of carbonyl (C=O) groups is 1. The summed E-state index contributed by atoms with van der Waals surface area (Å²) in [7, 11) is -1.70. The van der Waals surface area contributed by atoms with Crippen LogP contribution in [0.2, 0.25) is 0 Å². The number of morpholine rings is 1. The first-order chi connectivity index (χ1) is 16.3. The predicted octanol–water partition coefficient (Wildman–Crippen LogP) is 3.04. The van der Waals surface area contributed by atoms with Gasteiger partial charge in [0.2, 0.25) is 0 Å². The van der Waals surface area contributed by atoms with Crippen molar-refractivity contribution in [2.75, 3.05) is 55.2 Å². The minimum absolute atomic E-state index is 0.187. The zero-order chi connectivity index (χ0) is 24.1. The Kier molecular flexibility index (Phi) is 6.94. The van der Waals surface area contributed by atoms with Crippen molar-refractivity contribution in [2.45, 2.75) is 4.90 Å². The van der Waals surface area contributed by atoms with Crippen molar-refractivity contribution in [3.8, 4) is 17.1 Å². The second kappa shape index (κ2) is 10.1. The molecule has 178 valence electrons. The molecule has 2 amide bonds. The Morgan fingerprint density at radius 1 is 1.00 bits per heavy atom. The van der Waals surface area contributed by atoms with Crippen LogP contribution in [0, 0.1) is 0 Å². The van der Waals surface area contributed by atoms with Gasteiger partial charge in [0.1, 0.15) is 0 Å². The number of amides is 2. The van der Waals surface area contributed by atoms with Crippen molar-refractivity contribution in [2.24, 2.45) is 0 Å². The molecule has 2 aromatic carbocycles. The molecule has 1 aromatic heterocycles. The van der Waals surface area contributed by atoms with Crippen LogP contribution in [0.3, 0.4) is 0 Å². The van der Waals surface area contributed by atoms with Crippen LogP contribution in [-0.2, 0) is 14.6 Å². The number of methoxy groups -OCH3 is 1. The van der Waals surface area contributed by atoms with E-state index in [9.17, 15) is 13.2 Å². The van der Waals surface area contributed by atoms with Gasteiger partial charge in [-0.15, -0.1) is 0 Å². The van der Waals surface area contributed by atoms with E-state index < -0.39 is 15.9 Å². The summed E-state index contributed by atoms with van der Waals surface area (Å²) in [6.07, 6.45) is 2.79. The number of urea groups is 1. The van der Waals surface area contributed by atoms with Gasteiger partial charge in [-0.3, -0.25) is 0 Å². The van der Waals surface area contributed by atoms with Gasteiger partial charge in [0.05, 0.1) is 31.4 Å². The summed E-state index contributed by atoms with van der Waals surface area (Å²) in [4.78, 5) is 23.7. The molecule has 2 N–H and O–H groups in total. The highest BCUT2D eigenvalue weighted by atomic mass is 32.2. The van der Waals surface area contributed by atoms with Crippen LogP contribution in [0.4, 0.5) is 22.0 Å². The molecule has 2 heterocycles. The fourth-order valence-corrected chi connectivity index (χ4v) is 4.06. The molecular formula is C23H25N5O5S. The topological polar surface area (TPSA) is 123 Å². The minimum atomic E-state index is -3.29. The highest BCUT2D eigenvalue weighted by Crippen LogP contribution is 2.29. The Labute approximate surface area is 197 Å². The SMILES string of the molecule is COc1cnc(-c2ccc(NC(=O)Nc3ccc(S(C)(=O)=O)cc3)cc2)nc1N1CCOCC1. The molecule has 0 spiro atoms. The summed E-state index contributed by atoms with van der Waals surface area (Å²) in [5.41, 5.74) is 1.85. The molecule has 0 atom stereocenters. The number of nitrogens with zero attached hydrogens (tertiary/aromatic N) is 3. The van der Waals surface area contributed by atoms with Crippen LogP contribution in [0.5, 0.6) is 5.75 Å². The molecule has 0 bridgehead atoms. The monoisotopic (exact) mass is 483 g/mol. The van der Waals surface area contributed by atoms with E-state index in [4.69, 9.17) is 14.5 Å². The van der Waals surface area contributed by atoms with Crippen LogP contribution in [0.1, 0.15) is 0 Å². The van der Waals surface area contributed by atoms with Gasteiger partial charge in [-0.2, -0.15) is 0 Å². The van der Waals surface area contributed by atoms with Crippen LogP contribution in [0.15, 0.2) is 59.6 Å². The summed E-state index contributed by atoms with van der Waals surface area (Å²) in [6, 6.07) is 12.7. The predicted molar refractivity (Wildman–Crippen MR) is 129 cm³/mol. The van der Waals surface area contributed by atoms with Crippen molar-refractivity contribution >= 4 is 33.1 Å². The molecule has 1 aliphatic rings. The van der Waals surface area contributed by atoms with Gasteiger partial charge in [-0.05, 0) is 48.5 Å². The highest BCUT2D eigenvalue weighted by molar-refractivity contribution is 7.90. The van der Waals surface area contributed by atoms with E-state index in [1.165, 1.54) is 24.3 Å². The molecule has 1 saturated heterocycles. The first kappa shape index (κ1) is 23.5. The number of aromatic nitrogens is 2. The molecule has 1 fully saturated rings. The number of nitrogens with one attached hydrogen (secondary N) is 2. The summed E-state index contributed by atoms with van der Waals surface area (Å²) in [5.74, 6) is 1.87. The lowest BCUT2D eigenvalue weighted by Crippen LogP contribution is -2.37. The minimum Gasteiger partial charge on any atom is -0.491 e.